The molecule has 0 fully saturated rings. The molecule has 6 nitrogen and oxygen atoms in total. The Morgan fingerprint density at radius 3 is 2.57 bits per heavy atom. The molecule has 0 saturated carbocycles. The second kappa shape index (κ2) is 7.63. The molecule has 0 aliphatic heterocycles. The van der Waals surface area contributed by atoms with Gasteiger partial charge in [0.1, 0.15) is 5.82 Å². The minimum atomic E-state index is -1.21. The Morgan fingerprint density at radius 2 is 2.00 bits per heavy atom. The Bertz CT molecular complexity index is 536. The van der Waals surface area contributed by atoms with Crippen LogP contribution >= 0.6 is 0 Å². The highest BCUT2D eigenvalue weighted by molar-refractivity contribution is 5.76. The second-order valence-electron chi connectivity index (χ2n) is 4.80. The van der Waals surface area contributed by atoms with Crippen molar-refractivity contribution in [3.05, 3.63) is 39.4 Å². The van der Waals surface area contributed by atoms with Crippen molar-refractivity contribution in [2.45, 2.75) is 32.9 Å². The number of halogens is 2. The van der Waals surface area contributed by atoms with Crippen molar-refractivity contribution < 1.29 is 18.5 Å². The van der Waals surface area contributed by atoms with E-state index in [0.717, 1.165) is 6.07 Å². The minimum Gasteiger partial charge on any atom is -0.354 e. The molecule has 1 aromatic rings. The van der Waals surface area contributed by atoms with Gasteiger partial charge in [-0.15, -0.1) is 0 Å². The van der Waals surface area contributed by atoms with Gasteiger partial charge in [-0.3, -0.25) is 14.9 Å². The van der Waals surface area contributed by atoms with Crippen LogP contribution in [0.2, 0.25) is 0 Å². The van der Waals surface area contributed by atoms with Gasteiger partial charge in [0, 0.05) is 43.2 Å². The fraction of sp³-hybridized carbons (Fsp3) is 0.462. The molecule has 0 aromatic heterocycles. The number of nitro benzene ring substituents is 1. The Hall–Kier alpha value is -2.09. The third kappa shape index (κ3) is 5.42. The highest BCUT2D eigenvalue weighted by atomic mass is 19.1. The maximum atomic E-state index is 13.5. The van der Waals surface area contributed by atoms with E-state index in [1.807, 2.05) is 13.8 Å². The third-order valence-corrected chi connectivity index (χ3v) is 2.61. The van der Waals surface area contributed by atoms with E-state index < -0.39 is 22.2 Å². The molecular weight excluding hydrogens is 284 g/mol. The number of nitrogens with zero attached hydrogens (tertiary/aromatic N) is 1. The fourth-order valence-corrected chi connectivity index (χ4v) is 1.68. The van der Waals surface area contributed by atoms with Crippen molar-refractivity contribution in [2.75, 3.05) is 6.54 Å². The smallest absolute Gasteiger partial charge is 0.305 e. The number of hydrogen-bond acceptors (Lipinski definition) is 4. The van der Waals surface area contributed by atoms with Crippen LogP contribution in [0.25, 0.3) is 0 Å². The topological polar surface area (TPSA) is 84.3 Å². The highest BCUT2D eigenvalue weighted by Crippen LogP contribution is 2.21. The molecule has 0 atom stereocenters. The summed E-state index contributed by atoms with van der Waals surface area (Å²) in [7, 11) is 0. The molecule has 0 radical (unpaired) electrons. The van der Waals surface area contributed by atoms with E-state index in [-0.39, 0.29) is 37.0 Å². The van der Waals surface area contributed by atoms with Crippen molar-refractivity contribution in [1.29, 1.82) is 0 Å². The highest BCUT2D eigenvalue weighted by Gasteiger charge is 2.18. The standard InChI is InChI=1S/C13H17F2N3O3/c1-8(2)17-13(19)3-4-16-7-9-5-12(18(20)21)11(15)6-10(9)14/h5-6,8,16H,3-4,7H2,1-2H3,(H,17,19). The number of benzene rings is 1. The molecule has 0 bridgehead atoms. The third-order valence-electron chi connectivity index (χ3n) is 2.61. The van der Waals surface area contributed by atoms with Crippen molar-refractivity contribution in [2.24, 2.45) is 0 Å². The number of hydrogen-bond donors (Lipinski definition) is 2. The molecule has 0 saturated heterocycles. The number of nitrogens with one attached hydrogen (secondary N) is 2. The molecule has 0 unspecified atom stereocenters. The van der Waals surface area contributed by atoms with Crippen molar-refractivity contribution in [3.63, 3.8) is 0 Å². The molecule has 0 spiro atoms. The van der Waals surface area contributed by atoms with Gasteiger partial charge in [0.25, 0.3) is 0 Å². The van der Waals surface area contributed by atoms with E-state index in [4.69, 9.17) is 0 Å². The monoisotopic (exact) mass is 301 g/mol. The molecule has 2 N–H and O–H groups in total. The molecule has 1 amide bonds. The predicted molar refractivity (Wildman–Crippen MR) is 72.6 cm³/mol. The van der Waals surface area contributed by atoms with E-state index in [1.54, 1.807) is 0 Å². The van der Waals surface area contributed by atoms with Crippen LogP contribution in [0.3, 0.4) is 0 Å². The molecule has 116 valence electrons. The number of amides is 1. The average Bonchev–Trinajstić information content (AvgIpc) is 2.35. The molecule has 1 rings (SSSR count). The van der Waals surface area contributed by atoms with Gasteiger partial charge in [-0.05, 0) is 13.8 Å². The van der Waals surface area contributed by atoms with Gasteiger partial charge in [0.2, 0.25) is 11.7 Å². The molecule has 0 aliphatic carbocycles. The zero-order valence-electron chi connectivity index (χ0n) is 11.8. The van der Waals surface area contributed by atoms with Crippen LogP contribution in [0, 0.1) is 21.7 Å². The summed E-state index contributed by atoms with van der Waals surface area (Å²) in [6, 6.07) is 1.38. The number of carbonyl (C=O) groups excluding carboxylic acids is 1. The van der Waals surface area contributed by atoms with Gasteiger partial charge in [-0.1, -0.05) is 0 Å². The Morgan fingerprint density at radius 1 is 1.33 bits per heavy atom. The van der Waals surface area contributed by atoms with E-state index in [1.165, 1.54) is 0 Å². The fourth-order valence-electron chi connectivity index (χ4n) is 1.68. The first-order chi connectivity index (χ1) is 9.81. The van der Waals surface area contributed by atoms with Gasteiger partial charge in [-0.2, -0.15) is 4.39 Å². The Kier molecular flexibility index (Phi) is 6.16. The number of nitro groups is 1. The van der Waals surface area contributed by atoms with Gasteiger partial charge in [0.05, 0.1) is 4.92 Å². The van der Waals surface area contributed by atoms with Crippen molar-refractivity contribution in [1.82, 2.24) is 10.6 Å². The zero-order valence-corrected chi connectivity index (χ0v) is 11.8. The van der Waals surface area contributed by atoms with Gasteiger partial charge >= 0.3 is 5.69 Å². The lowest BCUT2D eigenvalue weighted by Gasteiger charge is -2.09. The molecule has 1 aromatic carbocycles. The van der Waals surface area contributed by atoms with E-state index >= 15 is 0 Å². The lowest BCUT2D eigenvalue weighted by molar-refractivity contribution is -0.387. The molecule has 0 heterocycles. The SMILES string of the molecule is CC(C)NC(=O)CCNCc1cc([N+](=O)[O-])c(F)cc1F. The summed E-state index contributed by atoms with van der Waals surface area (Å²) in [6.45, 7) is 3.92. The van der Waals surface area contributed by atoms with Gasteiger partial charge in [0.15, 0.2) is 0 Å². The summed E-state index contributed by atoms with van der Waals surface area (Å²) < 4.78 is 26.6. The second-order valence-corrected chi connectivity index (χ2v) is 4.80. The summed E-state index contributed by atoms with van der Waals surface area (Å²) >= 11 is 0. The van der Waals surface area contributed by atoms with Gasteiger partial charge < -0.3 is 10.6 Å². The maximum Gasteiger partial charge on any atom is 0.305 e. The summed E-state index contributed by atoms with van der Waals surface area (Å²) in [6.07, 6.45) is 0.198. The Balaban J connectivity index is 2.54. The maximum absolute atomic E-state index is 13.5. The average molecular weight is 301 g/mol. The molecular formula is C13H17F2N3O3. The first-order valence-corrected chi connectivity index (χ1v) is 6.43. The lowest BCUT2D eigenvalue weighted by atomic mass is 10.1. The van der Waals surface area contributed by atoms with Crippen LogP contribution < -0.4 is 10.6 Å². The number of rotatable bonds is 7. The normalized spacial score (nSPS) is 10.7. The predicted octanol–water partition coefficient (Wildman–Crippen LogP) is 1.88. The van der Waals surface area contributed by atoms with Crippen molar-refractivity contribution in [3.8, 4) is 0 Å². The lowest BCUT2D eigenvalue weighted by Crippen LogP contribution is -2.32. The van der Waals surface area contributed by atoms with E-state index in [0.29, 0.717) is 6.07 Å². The van der Waals surface area contributed by atoms with Crippen LogP contribution in [-0.4, -0.2) is 23.4 Å². The van der Waals surface area contributed by atoms with Crippen molar-refractivity contribution >= 4 is 11.6 Å². The van der Waals surface area contributed by atoms with Crippen LogP contribution in [0.5, 0.6) is 0 Å². The zero-order chi connectivity index (χ0) is 16.0. The minimum absolute atomic E-state index is 0.0210. The molecule has 0 aliphatic rings. The summed E-state index contributed by atoms with van der Waals surface area (Å²) in [5.41, 5.74) is -0.793. The van der Waals surface area contributed by atoms with Gasteiger partial charge in [-0.25, -0.2) is 4.39 Å². The van der Waals surface area contributed by atoms with Crippen LogP contribution in [0.1, 0.15) is 25.8 Å². The summed E-state index contributed by atoms with van der Waals surface area (Å²) in [5.74, 6) is -2.22. The molecule has 21 heavy (non-hydrogen) atoms. The van der Waals surface area contributed by atoms with Crippen LogP contribution in [-0.2, 0) is 11.3 Å². The van der Waals surface area contributed by atoms with E-state index in [2.05, 4.69) is 10.6 Å². The first-order valence-electron chi connectivity index (χ1n) is 6.43. The molecule has 8 heteroatoms. The summed E-state index contributed by atoms with van der Waals surface area (Å²) in [5, 5.41) is 16.1. The van der Waals surface area contributed by atoms with Crippen LogP contribution in [0.4, 0.5) is 14.5 Å². The quantitative estimate of drug-likeness (QED) is 0.457. The summed E-state index contributed by atoms with van der Waals surface area (Å²) in [4.78, 5) is 21.0. The Labute approximate surface area is 120 Å². The van der Waals surface area contributed by atoms with Crippen LogP contribution in [0.15, 0.2) is 12.1 Å². The number of carbonyl (C=O) groups is 1. The largest absolute Gasteiger partial charge is 0.354 e. The van der Waals surface area contributed by atoms with E-state index in [9.17, 15) is 23.7 Å². The first kappa shape index (κ1) is 17.0.